The number of rotatable bonds is 3. The Morgan fingerprint density at radius 1 is 1.30 bits per heavy atom. The first-order valence-corrected chi connectivity index (χ1v) is 7.42. The molecule has 7 nitrogen and oxygen atoms in total. The summed E-state index contributed by atoms with van der Waals surface area (Å²) in [7, 11) is 0. The number of benzene rings is 1. The molecule has 114 valence electrons. The summed E-state index contributed by atoms with van der Waals surface area (Å²) in [5.74, 6) is 0. The first-order valence-electron chi connectivity index (χ1n) is 5.87. The van der Waals surface area contributed by atoms with Crippen molar-refractivity contribution in [2.24, 2.45) is 10.7 Å². The van der Waals surface area contributed by atoms with Gasteiger partial charge in [-0.1, -0.05) is 39.1 Å². The van der Waals surface area contributed by atoms with Crippen molar-refractivity contribution >= 4 is 45.3 Å². The molecule has 0 aliphatic heterocycles. The average molecular weight is 411 g/mol. The van der Waals surface area contributed by atoms with Crippen molar-refractivity contribution in [3.8, 4) is 17.8 Å². The van der Waals surface area contributed by atoms with E-state index in [-0.39, 0.29) is 11.4 Å². The van der Waals surface area contributed by atoms with Gasteiger partial charge in [0.15, 0.2) is 5.70 Å². The minimum atomic E-state index is -0.282. The van der Waals surface area contributed by atoms with Crippen molar-refractivity contribution < 1.29 is 0 Å². The Kier molecular flexibility index (Phi) is 5.35. The zero-order valence-corrected chi connectivity index (χ0v) is 14.3. The van der Waals surface area contributed by atoms with Crippen LogP contribution in [0.2, 0.25) is 10.0 Å². The monoisotopic (exact) mass is 409 g/mol. The summed E-state index contributed by atoms with van der Waals surface area (Å²) in [5, 5.41) is 26.4. The van der Waals surface area contributed by atoms with Gasteiger partial charge in [0.05, 0.1) is 22.5 Å². The fraction of sp³-hybridized carbons (Fsp3) is 0. The molecule has 0 saturated heterocycles. The summed E-state index contributed by atoms with van der Waals surface area (Å²) >= 11 is 15.6. The van der Waals surface area contributed by atoms with Crippen LogP contribution in [-0.4, -0.2) is 21.2 Å². The number of aromatic nitrogens is 3. The summed E-state index contributed by atoms with van der Waals surface area (Å²) in [5.41, 5.74) is 5.59. The van der Waals surface area contributed by atoms with E-state index in [4.69, 9.17) is 39.5 Å². The van der Waals surface area contributed by atoms with Crippen LogP contribution in [0.3, 0.4) is 0 Å². The summed E-state index contributed by atoms with van der Waals surface area (Å²) < 4.78 is 0.723. The number of nitrogens with zero attached hydrogens (tertiary/aromatic N) is 6. The predicted octanol–water partition coefficient (Wildman–Crippen LogP) is 2.97. The predicted molar refractivity (Wildman–Crippen MR) is 89.1 cm³/mol. The van der Waals surface area contributed by atoms with E-state index in [1.165, 1.54) is 17.2 Å². The topological polar surface area (TPSA) is 117 Å². The number of hydrogen-bond acceptors (Lipinski definition) is 6. The maximum atomic E-state index is 8.85. The Hall–Kier alpha value is -2.39. The van der Waals surface area contributed by atoms with Crippen LogP contribution in [-0.2, 0) is 0 Å². The van der Waals surface area contributed by atoms with Crippen molar-refractivity contribution in [1.29, 1.82) is 10.5 Å². The van der Waals surface area contributed by atoms with E-state index in [1.54, 1.807) is 24.3 Å². The molecule has 0 spiro atoms. The SMILES string of the molecule is N#CC(N)=C(C#N)N=Cc1cnn(-c2c(Cl)cc(Br)cc2Cl)n1. The van der Waals surface area contributed by atoms with Crippen molar-refractivity contribution in [1.82, 2.24) is 15.0 Å². The number of hydrogen-bond donors (Lipinski definition) is 1. The largest absolute Gasteiger partial charge is 0.388 e. The molecule has 0 aliphatic rings. The van der Waals surface area contributed by atoms with E-state index in [1.807, 2.05) is 0 Å². The maximum Gasteiger partial charge on any atom is 0.174 e. The van der Waals surface area contributed by atoms with Gasteiger partial charge < -0.3 is 5.73 Å². The third-order valence-electron chi connectivity index (χ3n) is 2.50. The molecule has 1 heterocycles. The lowest BCUT2D eigenvalue weighted by atomic mass is 10.3. The second-order valence-electron chi connectivity index (χ2n) is 4.02. The molecule has 2 N–H and O–H groups in total. The summed E-state index contributed by atoms with van der Waals surface area (Å²) in [6.45, 7) is 0. The zero-order valence-electron chi connectivity index (χ0n) is 11.2. The Morgan fingerprint density at radius 3 is 2.52 bits per heavy atom. The van der Waals surface area contributed by atoms with Gasteiger partial charge >= 0.3 is 0 Å². The lowest BCUT2D eigenvalue weighted by molar-refractivity contribution is 0.751. The second-order valence-corrected chi connectivity index (χ2v) is 5.75. The number of allylic oxidation sites excluding steroid dienone is 2. The third-order valence-corrected chi connectivity index (χ3v) is 3.53. The lowest BCUT2D eigenvalue weighted by Gasteiger charge is -2.05. The molecular formula is C13H6BrCl2N7. The highest BCUT2D eigenvalue weighted by Crippen LogP contribution is 2.31. The fourth-order valence-electron chi connectivity index (χ4n) is 1.51. The van der Waals surface area contributed by atoms with E-state index in [0.29, 0.717) is 21.4 Å². The standard InChI is InChI=1S/C13H6BrCl2N7/c14-7-1-9(15)13(10(16)2-7)23-21-6-8(22-23)5-20-12(4-18)11(19)3-17/h1-2,5-6H,19H2. The molecule has 0 aliphatic carbocycles. The third kappa shape index (κ3) is 3.88. The fourth-order valence-corrected chi connectivity index (χ4v) is 2.87. The van der Waals surface area contributed by atoms with Gasteiger partial charge in [0.2, 0.25) is 0 Å². The van der Waals surface area contributed by atoms with Crippen molar-refractivity contribution in [3.05, 3.63) is 49.9 Å². The Morgan fingerprint density at radius 2 is 1.96 bits per heavy atom. The molecule has 1 aromatic heterocycles. The molecule has 2 rings (SSSR count). The van der Waals surface area contributed by atoms with Crippen LogP contribution in [0.4, 0.5) is 0 Å². The summed E-state index contributed by atoms with van der Waals surface area (Å²) in [4.78, 5) is 5.04. The smallest absolute Gasteiger partial charge is 0.174 e. The normalized spacial score (nSPS) is 11.9. The summed E-state index contributed by atoms with van der Waals surface area (Å²) in [6, 6.07) is 6.68. The van der Waals surface area contributed by atoms with Crippen molar-refractivity contribution in [2.75, 3.05) is 0 Å². The molecule has 1 aromatic carbocycles. The highest BCUT2D eigenvalue weighted by Gasteiger charge is 2.12. The van der Waals surface area contributed by atoms with Crippen molar-refractivity contribution in [3.63, 3.8) is 0 Å². The molecule has 0 bridgehead atoms. The van der Waals surface area contributed by atoms with E-state index in [9.17, 15) is 0 Å². The lowest BCUT2D eigenvalue weighted by Crippen LogP contribution is -2.01. The molecule has 0 radical (unpaired) electrons. The van der Waals surface area contributed by atoms with Crippen LogP contribution in [0.25, 0.3) is 5.69 Å². The van der Waals surface area contributed by atoms with Gasteiger partial charge in [0, 0.05) is 4.47 Å². The molecular weight excluding hydrogens is 405 g/mol. The molecule has 0 saturated carbocycles. The first kappa shape index (κ1) is 17.0. The number of aliphatic imine (C=N–C) groups is 1. The minimum absolute atomic E-state index is 0.207. The second kappa shape index (κ2) is 7.25. The van der Waals surface area contributed by atoms with Gasteiger partial charge in [-0.25, -0.2) is 4.99 Å². The highest BCUT2D eigenvalue weighted by atomic mass is 79.9. The Bertz CT molecular complexity index is 879. The van der Waals surface area contributed by atoms with Crippen LogP contribution in [0, 0.1) is 22.7 Å². The van der Waals surface area contributed by atoms with E-state index < -0.39 is 0 Å². The van der Waals surface area contributed by atoms with Crippen LogP contribution in [0.15, 0.2) is 39.2 Å². The first-order chi connectivity index (χ1) is 11.0. The molecule has 2 aromatic rings. The average Bonchev–Trinajstić information content (AvgIpc) is 2.95. The van der Waals surface area contributed by atoms with Gasteiger partial charge in [0.1, 0.15) is 29.2 Å². The maximum absolute atomic E-state index is 8.85. The molecule has 10 heteroatoms. The van der Waals surface area contributed by atoms with Gasteiger partial charge in [-0.15, -0.1) is 9.90 Å². The summed E-state index contributed by atoms with van der Waals surface area (Å²) in [6.07, 6.45) is 2.66. The van der Waals surface area contributed by atoms with Gasteiger partial charge in [-0.3, -0.25) is 0 Å². The van der Waals surface area contributed by atoms with Crippen LogP contribution < -0.4 is 5.73 Å². The Balaban J connectivity index is 2.37. The van der Waals surface area contributed by atoms with Crippen LogP contribution in [0.5, 0.6) is 0 Å². The zero-order chi connectivity index (χ0) is 17.0. The quantitative estimate of drug-likeness (QED) is 0.616. The van der Waals surface area contributed by atoms with Gasteiger partial charge in [-0.2, -0.15) is 15.6 Å². The number of nitrogens with two attached hydrogens (primary N) is 1. The molecule has 23 heavy (non-hydrogen) atoms. The van der Waals surface area contributed by atoms with Gasteiger partial charge in [-0.05, 0) is 12.1 Å². The van der Waals surface area contributed by atoms with E-state index in [2.05, 4.69) is 31.1 Å². The van der Waals surface area contributed by atoms with Crippen LogP contribution >= 0.6 is 39.1 Å². The Labute approximate surface area is 149 Å². The minimum Gasteiger partial charge on any atom is -0.388 e. The van der Waals surface area contributed by atoms with Gasteiger partial charge in [0.25, 0.3) is 0 Å². The van der Waals surface area contributed by atoms with E-state index >= 15 is 0 Å². The number of halogens is 3. The highest BCUT2D eigenvalue weighted by molar-refractivity contribution is 9.10. The molecule has 0 amide bonds. The van der Waals surface area contributed by atoms with E-state index in [0.717, 1.165) is 4.47 Å². The molecule has 0 fully saturated rings. The van der Waals surface area contributed by atoms with Crippen LogP contribution in [0.1, 0.15) is 5.69 Å². The van der Waals surface area contributed by atoms with Crippen molar-refractivity contribution in [2.45, 2.75) is 0 Å². The molecule has 0 unspecified atom stereocenters. The molecule has 0 atom stereocenters. The number of nitriles is 2.